The van der Waals surface area contributed by atoms with Crippen LogP contribution in [0.3, 0.4) is 0 Å². The van der Waals surface area contributed by atoms with Crippen molar-refractivity contribution < 1.29 is 22.8 Å². The number of carbonyl (C=O) groups excluding carboxylic acids is 2. The third kappa shape index (κ3) is 6.86. The second-order valence-electron chi connectivity index (χ2n) is 10.1. The Kier molecular flexibility index (Phi) is 8.84. The fourth-order valence-electron chi connectivity index (χ4n) is 5.18. The molecule has 0 aliphatic carbocycles. The predicted molar refractivity (Wildman–Crippen MR) is 156 cm³/mol. The van der Waals surface area contributed by atoms with Crippen molar-refractivity contribution in [3.63, 3.8) is 0 Å². The number of hydrogen-bond acceptors (Lipinski definition) is 5. The van der Waals surface area contributed by atoms with Crippen LogP contribution in [0.2, 0.25) is 0 Å². The molecule has 11 heteroatoms. The van der Waals surface area contributed by atoms with Crippen LogP contribution >= 0.6 is 12.2 Å². The van der Waals surface area contributed by atoms with E-state index in [0.717, 1.165) is 38.4 Å². The summed E-state index contributed by atoms with van der Waals surface area (Å²) in [6, 6.07) is 16.6. The van der Waals surface area contributed by atoms with E-state index < -0.39 is 23.6 Å². The molecule has 2 saturated heterocycles. The van der Waals surface area contributed by atoms with Crippen LogP contribution in [0, 0.1) is 17.5 Å². The molecule has 2 heterocycles. The van der Waals surface area contributed by atoms with Gasteiger partial charge in [-0.05, 0) is 98.0 Å². The zero-order valence-corrected chi connectivity index (χ0v) is 23.1. The molecule has 0 aromatic heterocycles. The highest BCUT2D eigenvalue weighted by molar-refractivity contribution is 7.80. The Morgan fingerprint density at radius 2 is 1.32 bits per heavy atom. The molecule has 7 nitrogen and oxygen atoms in total. The van der Waals surface area contributed by atoms with E-state index in [1.807, 2.05) is 0 Å². The number of nitrogens with zero attached hydrogens (tertiary/aromatic N) is 4. The minimum atomic E-state index is -0.830. The minimum Gasteiger partial charge on any atom is -0.369 e. The fourth-order valence-corrected chi connectivity index (χ4v) is 5.60. The second-order valence-corrected chi connectivity index (χ2v) is 10.4. The number of anilines is 3. The summed E-state index contributed by atoms with van der Waals surface area (Å²) in [6.45, 7) is 4.54. The van der Waals surface area contributed by atoms with Crippen LogP contribution in [-0.4, -0.2) is 72.0 Å². The van der Waals surface area contributed by atoms with E-state index in [-0.39, 0.29) is 23.3 Å². The van der Waals surface area contributed by atoms with E-state index in [0.29, 0.717) is 24.3 Å². The van der Waals surface area contributed by atoms with Gasteiger partial charge in [0.15, 0.2) is 5.11 Å². The monoisotopic (exact) mass is 581 g/mol. The van der Waals surface area contributed by atoms with Crippen LogP contribution < -0.4 is 15.1 Å². The molecule has 5 rings (SSSR count). The molecule has 1 unspecified atom stereocenters. The maximum atomic E-state index is 13.6. The van der Waals surface area contributed by atoms with Crippen LogP contribution in [0.25, 0.3) is 0 Å². The van der Waals surface area contributed by atoms with Gasteiger partial charge in [-0.3, -0.25) is 19.4 Å². The molecular weight excluding hydrogens is 551 g/mol. The molecule has 3 aromatic rings. The molecule has 3 aromatic carbocycles. The summed E-state index contributed by atoms with van der Waals surface area (Å²) in [5.41, 5.74) is 1.85. The van der Waals surface area contributed by atoms with Gasteiger partial charge in [0, 0.05) is 44.1 Å². The van der Waals surface area contributed by atoms with Crippen molar-refractivity contribution in [2.45, 2.75) is 18.9 Å². The molecule has 41 heavy (non-hydrogen) atoms. The third-order valence-corrected chi connectivity index (χ3v) is 7.76. The number of amides is 2. The molecule has 0 spiro atoms. The smallest absolute Gasteiger partial charge is 0.256 e. The molecule has 0 radical (unpaired) electrons. The lowest BCUT2D eigenvalue weighted by atomic mass is 10.1. The van der Waals surface area contributed by atoms with Crippen molar-refractivity contribution in [2.75, 3.05) is 54.4 Å². The highest BCUT2D eigenvalue weighted by atomic mass is 32.1. The average molecular weight is 582 g/mol. The van der Waals surface area contributed by atoms with Crippen molar-refractivity contribution in [3.05, 3.63) is 90.2 Å². The van der Waals surface area contributed by atoms with Gasteiger partial charge in [0.2, 0.25) is 5.91 Å². The van der Waals surface area contributed by atoms with E-state index in [1.54, 1.807) is 17.0 Å². The van der Waals surface area contributed by atoms with E-state index in [4.69, 9.17) is 12.2 Å². The molecule has 2 aliphatic heterocycles. The van der Waals surface area contributed by atoms with Crippen LogP contribution in [0.1, 0.15) is 12.8 Å². The van der Waals surface area contributed by atoms with Crippen molar-refractivity contribution in [1.29, 1.82) is 0 Å². The van der Waals surface area contributed by atoms with Crippen molar-refractivity contribution in [3.8, 4) is 0 Å². The second kappa shape index (κ2) is 12.7. The largest absolute Gasteiger partial charge is 0.369 e. The average Bonchev–Trinajstić information content (AvgIpc) is 3.19. The highest BCUT2D eigenvalue weighted by Gasteiger charge is 2.44. The molecule has 0 saturated carbocycles. The lowest BCUT2D eigenvalue weighted by Gasteiger charge is -2.36. The van der Waals surface area contributed by atoms with Gasteiger partial charge in [0.05, 0.1) is 12.1 Å². The van der Waals surface area contributed by atoms with E-state index in [2.05, 4.69) is 15.1 Å². The highest BCUT2D eigenvalue weighted by Crippen LogP contribution is 2.28. The molecule has 214 valence electrons. The number of nitrogens with one attached hydrogen (secondary N) is 1. The summed E-state index contributed by atoms with van der Waals surface area (Å²) >= 11 is 5.69. The number of hydrogen-bond donors (Lipinski definition) is 1. The zero-order valence-electron chi connectivity index (χ0n) is 22.3. The third-order valence-electron chi connectivity index (χ3n) is 7.35. The number of thiocarbonyl (C=S) groups is 1. The fraction of sp³-hybridized carbons (Fsp3) is 0.300. The Bertz CT molecular complexity index is 1380. The summed E-state index contributed by atoms with van der Waals surface area (Å²) < 4.78 is 40.1. The predicted octanol–water partition coefficient (Wildman–Crippen LogP) is 4.65. The van der Waals surface area contributed by atoms with Crippen molar-refractivity contribution in [2.24, 2.45) is 0 Å². The molecule has 2 fully saturated rings. The molecule has 2 amide bonds. The topological polar surface area (TPSA) is 59.1 Å². The quantitative estimate of drug-likeness (QED) is 0.372. The van der Waals surface area contributed by atoms with Gasteiger partial charge >= 0.3 is 0 Å². The van der Waals surface area contributed by atoms with Gasteiger partial charge in [-0.15, -0.1) is 0 Å². The normalized spacial score (nSPS) is 17.8. The van der Waals surface area contributed by atoms with E-state index in [1.165, 1.54) is 65.6 Å². The number of halogens is 3. The Morgan fingerprint density at radius 1 is 0.780 bits per heavy atom. The maximum Gasteiger partial charge on any atom is 0.256 e. The Balaban J connectivity index is 1.22. The zero-order chi connectivity index (χ0) is 28.9. The summed E-state index contributed by atoms with van der Waals surface area (Å²) in [4.78, 5) is 34.1. The van der Waals surface area contributed by atoms with E-state index >= 15 is 0 Å². The standard InChI is InChI=1S/C30H30F3N5O2S/c31-21-2-8-24(9-3-21)34-28(39)20-27-29(40)38(26-12-6-23(33)7-13-26)30(41)37(27)15-1-14-35-16-18-36(19-17-35)25-10-4-22(32)5-11-25/h2-13,27H,1,14-20H2,(H,34,39). The van der Waals surface area contributed by atoms with Gasteiger partial charge in [-0.1, -0.05) is 0 Å². The van der Waals surface area contributed by atoms with E-state index in [9.17, 15) is 22.8 Å². The molecular formula is C30H30F3N5O2S. The first-order valence-corrected chi connectivity index (χ1v) is 13.9. The summed E-state index contributed by atoms with van der Waals surface area (Å²) in [5.74, 6) is -1.87. The summed E-state index contributed by atoms with van der Waals surface area (Å²) in [7, 11) is 0. The van der Waals surface area contributed by atoms with Gasteiger partial charge in [-0.25, -0.2) is 13.2 Å². The van der Waals surface area contributed by atoms with Gasteiger partial charge in [0.25, 0.3) is 5.91 Å². The van der Waals surface area contributed by atoms with Crippen LogP contribution in [0.5, 0.6) is 0 Å². The first-order chi connectivity index (χ1) is 19.8. The first-order valence-electron chi connectivity index (χ1n) is 13.5. The molecule has 2 aliphatic rings. The van der Waals surface area contributed by atoms with Gasteiger partial charge < -0.3 is 15.1 Å². The molecule has 1 N–H and O–H groups in total. The molecule has 1 atom stereocenters. The summed E-state index contributed by atoms with van der Waals surface area (Å²) in [5, 5.41) is 2.98. The first kappa shape index (κ1) is 28.6. The lowest BCUT2D eigenvalue weighted by molar-refractivity contribution is -0.124. The SMILES string of the molecule is O=C(CC1C(=O)N(c2ccc(F)cc2)C(=S)N1CCCN1CCN(c2ccc(F)cc2)CC1)Nc1ccc(F)cc1. The number of benzene rings is 3. The number of rotatable bonds is 9. The van der Waals surface area contributed by atoms with Gasteiger partial charge in [-0.2, -0.15) is 0 Å². The maximum absolute atomic E-state index is 13.6. The Labute approximate surface area is 242 Å². The Morgan fingerprint density at radius 3 is 1.90 bits per heavy atom. The lowest BCUT2D eigenvalue weighted by Crippen LogP contribution is -2.47. The van der Waals surface area contributed by atoms with Crippen LogP contribution in [-0.2, 0) is 9.59 Å². The van der Waals surface area contributed by atoms with Gasteiger partial charge in [0.1, 0.15) is 23.5 Å². The summed E-state index contributed by atoms with van der Waals surface area (Å²) in [6.07, 6.45) is 0.557. The minimum absolute atomic E-state index is 0.148. The molecule has 0 bridgehead atoms. The van der Waals surface area contributed by atoms with Crippen molar-refractivity contribution >= 4 is 46.2 Å². The number of piperazine rings is 1. The van der Waals surface area contributed by atoms with Crippen LogP contribution in [0.4, 0.5) is 30.2 Å². The van der Waals surface area contributed by atoms with Crippen molar-refractivity contribution in [1.82, 2.24) is 9.80 Å². The Hall–Kier alpha value is -3.96. The van der Waals surface area contributed by atoms with Crippen LogP contribution in [0.15, 0.2) is 72.8 Å². The number of carbonyl (C=O) groups is 2.